The van der Waals surface area contributed by atoms with E-state index >= 15 is 0 Å². The van der Waals surface area contributed by atoms with E-state index in [4.69, 9.17) is 4.74 Å². The zero-order valence-corrected chi connectivity index (χ0v) is 12.2. The Morgan fingerprint density at radius 2 is 1.70 bits per heavy atom. The van der Waals surface area contributed by atoms with Crippen LogP contribution < -0.4 is 4.90 Å². The second kappa shape index (κ2) is 7.87. The van der Waals surface area contributed by atoms with Crippen LogP contribution in [-0.2, 0) is 4.74 Å². The highest BCUT2D eigenvalue weighted by Gasteiger charge is 2.25. The molecule has 0 aliphatic carbocycles. The Kier molecular flexibility index (Phi) is 6.48. The second-order valence-corrected chi connectivity index (χ2v) is 4.42. The summed E-state index contributed by atoms with van der Waals surface area (Å²) in [6, 6.07) is 6.81. The summed E-state index contributed by atoms with van der Waals surface area (Å²) < 4.78 is 5.02. The van der Waals surface area contributed by atoms with Gasteiger partial charge in [-0.15, -0.1) is 0 Å². The summed E-state index contributed by atoms with van der Waals surface area (Å²) in [4.78, 5) is 13.4. The number of nitrogens with zero attached hydrogens (tertiary/aromatic N) is 1. The van der Waals surface area contributed by atoms with Crippen LogP contribution in [0.3, 0.4) is 0 Å². The van der Waals surface area contributed by atoms with Crippen LogP contribution in [0.25, 0.3) is 0 Å². The fraction of sp³-hybridized carbons (Fsp3) is 0.533. The Labute approximate surface area is 119 Å². The Bertz CT molecular complexity index is 426. The molecule has 0 amide bonds. The van der Waals surface area contributed by atoms with Crippen LogP contribution in [0.4, 0.5) is 5.69 Å². The average Bonchev–Trinajstić information content (AvgIpc) is 2.47. The smallest absolute Gasteiger partial charge is 0.340 e. The number of benzene rings is 1. The monoisotopic (exact) mass is 281 g/mol. The first-order chi connectivity index (χ1) is 9.56. The van der Waals surface area contributed by atoms with Crippen molar-refractivity contribution >= 4 is 11.7 Å². The van der Waals surface area contributed by atoms with Crippen molar-refractivity contribution in [2.75, 3.05) is 11.5 Å². The predicted octanol–water partition coefficient (Wildman–Crippen LogP) is 2.13. The van der Waals surface area contributed by atoms with Crippen molar-refractivity contribution in [1.82, 2.24) is 0 Å². The van der Waals surface area contributed by atoms with Gasteiger partial charge in [-0.1, -0.05) is 26.0 Å². The lowest BCUT2D eigenvalue weighted by atomic mass is 10.1. The van der Waals surface area contributed by atoms with Gasteiger partial charge in [0.15, 0.2) is 0 Å². The molecule has 0 aromatic heterocycles. The lowest BCUT2D eigenvalue weighted by Crippen LogP contribution is -2.43. The van der Waals surface area contributed by atoms with Crippen LogP contribution in [0, 0.1) is 0 Å². The number of para-hydroxylation sites is 1. The third-order valence-electron chi connectivity index (χ3n) is 3.05. The number of esters is 1. The summed E-state index contributed by atoms with van der Waals surface area (Å²) in [5.74, 6) is -0.459. The molecule has 1 rings (SSSR count). The molecular weight excluding hydrogens is 258 g/mol. The first-order valence-electron chi connectivity index (χ1n) is 6.97. The molecule has 1 aromatic rings. The van der Waals surface area contributed by atoms with E-state index in [-0.39, 0.29) is 6.61 Å². The van der Waals surface area contributed by atoms with Crippen molar-refractivity contribution in [2.45, 2.75) is 46.1 Å². The van der Waals surface area contributed by atoms with Crippen LogP contribution in [0.1, 0.15) is 44.0 Å². The van der Waals surface area contributed by atoms with E-state index in [0.29, 0.717) is 24.1 Å². The van der Waals surface area contributed by atoms with Gasteiger partial charge in [-0.05, 0) is 31.9 Å². The summed E-state index contributed by atoms with van der Waals surface area (Å²) in [6.07, 6.45) is -0.844. The molecule has 0 bridgehead atoms. The molecule has 0 aliphatic rings. The number of rotatable bonds is 7. The van der Waals surface area contributed by atoms with Crippen molar-refractivity contribution in [2.24, 2.45) is 0 Å². The summed E-state index contributed by atoms with van der Waals surface area (Å²) in [6.45, 7) is 5.64. The number of ether oxygens (including phenoxy) is 1. The Balaban J connectivity index is 3.22. The van der Waals surface area contributed by atoms with Crippen molar-refractivity contribution in [1.29, 1.82) is 0 Å². The molecule has 2 atom stereocenters. The minimum absolute atomic E-state index is 0.278. The second-order valence-electron chi connectivity index (χ2n) is 4.42. The third kappa shape index (κ3) is 3.71. The van der Waals surface area contributed by atoms with Gasteiger partial charge in [-0.3, -0.25) is 0 Å². The van der Waals surface area contributed by atoms with Crippen molar-refractivity contribution in [3.05, 3.63) is 29.8 Å². The Hall–Kier alpha value is -1.59. The van der Waals surface area contributed by atoms with Crippen LogP contribution >= 0.6 is 0 Å². The summed E-state index contributed by atoms with van der Waals surface area (Å²) in [5, 5.41) is 20.2. The maximum atomic E-state index is 12.0. The Morgan fingerprint density at radius 3 is 2.20 bits per heavy atom. The molecule has 20 heavy (non-hydrogen) atoms. The maximum absolute atomic E-state index is 12.0. The molecule has 0 fully saturated rings. The molecular formula is C15H23NO4. The van der Waals surface area contributed by atoms with Crippen LogP contribution in [0.2, 0.25) is 0 Å². The van der Waals surface area contributed by atoms with Crippen molar-refractivity contribution in [3.63, 3.8) is 0 Å². The number of anilines is 1. The fourth-order valence-electron chi connectivity index (χ4n) is 1.99. The lowest BCUT2D eigenvalue weighted by Gasteiger charge is -2.34. The summed E-state index contributed by atoms with van der Waals surface area (Å²) in [7, 11) is 0. The van der Waals surface area contributed by atoms with Crippen LogP contribution in [-0.4, -0.2) is 35.2 Å². The zero-order chi connectivity index (χ0) is 15.1. The van der Waals surface area contributed by atoms with Gasteiger partial charge >= 0.3 is 5.97 Å². The maximum Gasteiger partial charge on any atom is 0.340 e. The third-order valence-corrected chi connectivity index (χ3v) is 3.05. The van der Waals surface area contributed by atoms with E-state index in [1.54, 1.807) is 31.2 Å². The lowest BCUT2D eigenvalue weighted by molar-refractivity contribution is 0.0522. The topological polar surface area (TPSA) is 70.0 Å². The highest BCUT2D eigenvalue weighted by molar-refractivity contribution is 5.96. The quantitative estimate of drug-likeness (QED) is 0.592. The summed E-state index contributed by atoms with van der Waals surface area (Å²) in [5.41, 5.74) is 0.823. The summed E-state index contributed by atoms with van der Waals surface area (Å²) >= 11 is 0. The minimum Gasteiger partial charge on any atom is -0.462 e. The molecule has 2 N–H and O–H groups in total. The average molecular weight is 281 g/mol. The molecule has 5 nitrogen and oxygen atoms in total. The van der Waals surface area contributed by atoms with Crippen molar-refractivity contribution in [3.8, 4) is 0 Å². The standard InChI is InChI=1S/C15H23NO4/c1-4-13(17)16(14(18)5-2)12-10-8-7-9-11(12)15(19)20-6-3/h7-10,13-14,17-18H,4-6H2,1-3H3. The number of carbonyl (C=O) groups excluding carboxylic acids is 1. The minimum atomic E-state index is -0.861. The fourth-order valence-corrected chi connectivity index (χ4v) is 1.99. The van der Waals surface area contributed by atoms with Gasteiger partial charge in [-0.25, -0.2) is 4.79 Å². The molecule has 2 unspecified atom stereocenters. The number of hydrogen-bond donors (Lipinski definition) is 2. The molecule has 0 saturated heterocycles. The molecule has 0 heterocycles. The number of carbonyl (C=O) groups is 1. The van der Waals surface area contributed by atoms with Gasteiger partial charge < -0.3 is 19.8 Å². The highest BCUT2D eigenvalue weighted by Crippen LogP contribution is 2.26. The number of aliphatic hydroxyl groups excluding tert-OH is 2. The van der Waals surface area contributed by atoms with Gasteiger partial charge in [0, 0.05) is 0 Å². The van der Waals surface area contributed by atoms with E-state index in [9.17, 15) is 15.0 Å². The van der Waals surface area contributed by atoms with E-state index in [2.05, 4.69) is 0 Å². The predicted molar refractivity (Wildman–Crippen MR) is 77.5 cm³/mol. The van der Waals surface area contributed by atoms with Crippen LogP contribution in [0.15, 0.2) is 24.3 Å². The van der Waals surface area contributed by atoms with E-state index < -0.39 is 18.4 Å². The zero-order valence-electron chi connectivity index (χ0n) is 12.2. The molecule has 1 aromatic carbocycles. The molecule has 5 heteroatoms. The first kappa shape index (κ1) is 16.5. The first-order valence-corrected chi connectivity index (χ1v) is 6.97. The van der Waals surface area contributed by atoms with Gasteiger partial charge in [0.2, 0.25) is 0 Å². The van der Waals surface area contributed by atoms with E-state index in [1.807, 2.05) is 13.8 Å². The molecule has 0 spiro atoms. The number of aliphatic hydroxyl groups is 2. The normalized spacial score (nSPS) is 13.7. The van der Waals surface area contributed by atoms with E-state index in [1.165, 1.54) is 4.90 Å². The molecule has 0 saturated carbocycles. The van der Waals surface area contributed by atoms with Crippen molar-refractivity contribution < 1.29 is 19.7 Å². The van der Waals surface area contributed by atoms with Gasteiger partial charge in [-0.2, -0.15) is 0 Å². The largest absolute Gasteiger partial charge is 0.462 e. The molecule has 0 radical (unpaired) electrons. The SMILES string of the molecule is CCOC(=O)c1ccccc1N(C(O)CC)C(O)CC. The van der Waals surface area contributed by atoms with Gasteiger partial charge in [0.25, 0.3) is 0 Å². The Morgan fingerprint density at radius 1 is 1.15 bits per heavy atom. The molecule has 0 aliphatic heterocycles. The van der Waals surface area contributed by atoms with Gasteiger partial charge in [0.05, 0.1) is 17.9 Å². The van der Waals surface area contributed by atoms with Crippen LogP contribution in [0.5, 0.6) is 0 Å². The molecule has 112 valence electrons. The van der Waals surface area contributed by atoms with Gasteiger partial charge in [0.1, 0.15) is 12.5 Å². The highest BCUT2D eigenvalue weighted by atomic mass is 16.5. The number of hydrogen-bond acceptors (Lipinski definition) is 5. The van der Waals surface area contributed by atoms with E-state index in [0.717, 1.165) is 0 Å².